The van der Waals surface area contributed by atoms with Crippen molar-refractivity contribution in [1.82, 2.24) is 0 Å². The molecule has 6 nitrogen and oxygen atoms in total. The van der Waals surface area contributed by atoms with Gasteiger partial charge in [-0.1, -0.05) is 31.9 Å². The van der Waals surface area contributed by atoms with Crippen molar-refractivity contribution in [2.24, 2.45) is 35.0 Å². The summed E-state index contributed by atoms with van der Waals surface area (Å²) in [6.07, 6.45) is 4.31. The molecule has 1 aromatic heterocycles. The number of carbonyl (C=O) groups is 3. The van der Waals surface area contributed by atoms with Crippen LogP contribution in [0.4, 0.5) is 5.00 Å². The molecule has 5 atom stereocenters. The zero-order valence-corrected chi connectivity index (χ0v) is 21.9. The van der Waals surface area contributed by atoms with E-state index in [0.29, 0.717) is 16.5 Å². The summed E-state index contributed by atoms with van der Waals surface area (Å²) >= 11 is 1.47. The summed E-state index contributed by atoms with van der Waals surface area (Å²) in [6, 6.07) is 0. The van der Waals surface area contributed by atoms with Gasteiger partial charge in [0.1, 0.15) is 5.00 Å². The van der Waals surface area contributed by atoms with Crippen LogP contribution in [0.2, 0.25) is 0 Å². The molecule has 2 fully saturated rings. The van der Waals surface area contributed by atoms with Crippen LogP contribution in [0.1, 0.15) is 81.6 Å². The van der Waals surface area contributed by atoms with Gasteiger partial charge in [-0.2, -0.15) is 0 Å². The van der Waals surface area contributed by atoms with Crippen molar-refractivity contribution in [1.29, 1.82) is 0 Å². The molecule has 4 rings (SSSR count). The third-order valence-corrected chi connectivity index (χ3v) is 9.38. The van der Waals surface area contributed by atoms with Gasteiger partial charge in [-0.05, 0) is 81.6 Å². The van der Waals surface area contributed by atoms with E-state index in [9.17, 15) is 19.5 Å². The van der Waals surface area contributed by atoms with Gasteiger partial charge >= 0.3 is 11.9 Å². The third-order valence-electron chi connectivity index (χ3n) is 8.21. The Kier molecular flexibility index (Phi) is 6.71. The van der Waals surface area contributed by atoms with E-state index >= 15 is 0 Å². The predicted molar refractivity (Wildman–Crippen MR) is 133 cm³/mol. The first-order chi connectivity index (χ1) is 16.0. The maximum Gasteiger partial charge on any atom is 0.341 e. The van der Waals surface area contributed by atoms with Gasteiger partial charge < -0.3 is 15.2 Å². The Morgan fingerprint density at radius 2 is 1.74 bits per heavy atom. The van der Waals surface area contributed by atoms with Crippen LogP contribution in [0.5, 0.6) is 0 Å². The molecule has 3 aliphatic carbocycles. The number of hydrogen-bond acceptors (Lipinski definition) is 5. The van der Waals surface area contributed by atoms with Gasteiger partial charge in [0, 0.05) is 4.88 Å². The molecule has 186 valence electrons. The molecule has 0 aromatic carbocycles. The van der Waals surface area contributed by atoms with Crippen molar-refractivity contribution in [3.63, 3.8) is 0 Å². The summed E-state index contributed by atoms with van der Waals surface area (Å²) in [7, 11) is 0. The van der Waals surface area contributed by atoms with E-state index in [1.807, 2.05) is 13.8 Å². The van der Waals surface area contributed by atoms with Gasteiger partial charge in [-0.25, -0.2) is 4.79 Å². The predicted octanol–water partition coefficient (Wildman–Crippen LogP) is 5.71. The summed E-state index contributed by atoms with van der Waals surface area (Å²) in [5.74, 6) is -2.53. The lowest BCUT2D eigenvalue weighted by Gasteiger charge is -2.33. The maximum absolute atomic E-state index is 13.6. The van der Waals surface area contributed by atoms with Crippen LogP contribution in [0.15, 0.2) is 11.1 Å². The number of aliphatic carboxylic acids is 1. The second-order valence-electron chi connectivity index (χ2n) is 11.4. The minimum absolute atomic E-state index is 0.0398. The minimum Gasteiger partial charge on any atom is -0.481 e. The molecule has 7 heteroatoms. The van der Waals surface area contributed by atoms with Crippen LogP contribution < -0.4 is 5.32 Å². The number of carboxylic acid groups (broad SMARTS) is 1. The average molecular weight is 488 g/mol. The average Bonchev–Trinajstić information content (AvgIpc) is 3.41. The molecular formula is C27H37NO5S. The highest BCUT2D eigenvalue weighted by Gasteiger charge is 2.57. The van der Waals surface area contributed by atoms with Crippen LogP contribution in [0.25, 0.3) is 0 Å². The van der Waals surface area contributed by atoms with Gasteiger partial charge in [0.05, 0.1) is 24.0 Å². The SMILES string of the molecule is CCOC(=O)c1c(NC(=O)[C@H]2[C@H](C(=O)O)[C@H]3CC[C@H]2C3=C(C)C)sc2c1CC[C@H](C(C)(C)C)C2. The smallest absolute Gasteiger partial charge is 0.341 e. The molecule has 1 heterocycles. The summed E-state index contributed by atoms with van der Waals surface area (Å²) in [5.41, 5.74) is 3.90. The molecule has 1 amide bonds. The van der Waals surface area contributed by atoms with Gasteiger partial charge in [0.15, 0.2) is 0 Å². The first kappa shape index (κ1) is 25.0. The van der Waals surface area contributed by atoms with Crippen molar-refractivity contribution < 1.29 is 24.2 Å². The lowest BCUT2D eigenvalue weighted by Crippen LogP contribution is -2.38. The number of ether oxygens (including phenoxy) is 1. The first-order valence-electron chi connectivity index (χ1n) is 12.5. The van der Waals surface area contributed by atoms with Crippen molar-refractivity contribution in [3.05, 3.63) is 27.2 Å². The molecule has 0 spiro atoms. The fourth-order valence-corrected chi connectivity index (χ4v) is 7.95. The van der Waals surface area contributed by atoms with Crippen LogP contribution in [-0.2, 0) is 27.2 Å². The maximum atomic E-state index is 13.6. The first-order valence-corrected chi connectivity index (χ1v) is 13.3. The molecule has 0 radical (unpaired) electrons. The highest BCUT2D eigenvalue weighted by atomic mass is 32.1. The number of nitrogens with one attached hydrogen (secondary N) is 1. The Balaban J connectivity index is 1.68. The number of allylic oxidation sites excluding steroid dienone is 2. The van der Waals surface area contributed by atoms with Gasteiger partial charge in [0.2, 0.25) is 5.91 Å². The molecule has 0 aliphatic heterocycles. The fraction of sp³-hybridized carbons (Fsp3) is 0.667. The van der Waals surface area contributed by atoms with Gasteiger partial charge in [-0.3, -0.25) is 9.59 Å². The van der Waals surface area contributed by atoms with E-state index in [4.69, 9.17) is 4.74 Å². The number of thiophene rings is 1. The number of amides is 1. The van der Waals surface area contributed by atoms with Crippen LogP contribution in [-0.4, -0.2) is 29.6 Å². The molecule has 0 saturated heterocycles. The molecule has 2 bridgehead atoms. The molecule has 3 aliphatic rings. The molecule has 2 saturated carbocycles. The lowest BCUT2D eigenvalue weighted by atomic mass is 9.72. The fourth-order valence-electron chi connectivity index (χ4n) is 6.63. The Hall–Kier alpha value is -2.15. The summed E-state index contributed by atoms with van der Waals surface area (Å²) in [6.45, 7) is 12.8. The summed E-state index contributed by atoms with van der Waals surface area (Å²) in [4.78, 5) is 39.9. The van der Waals surface area contributed by atoms with E-state index in [0.717, 1.165) is 53.7 Å². The van der Waals surface area contributed by atoms with E-state index in [1.54, 1.807) is 6.92 Å². The van der Waals surface area contributed by atoms with Crippen LogP contribution >= 0.6 is 11.3 Å². The normalized spacial score (nSPS) is 27.9. The Bertz CT molecular complexity index is 1040. The van der Waals surface area contributed by atoms with Crippen molar-refractivity contribution in [3.8, 4) is 0 Å². The largest absolute Gasteiger partial charge is 0.481 e. The third kappa shape index (κ3) is 4.21. The second-order valence-corrected chi connectivity index (χ2v) is 12.5. The zero-order chi connectivity index (χ0) is 24.9. The summed E-state index contributed by atoms with van der Waals surface area (Å²) in [5, 5.41) is 13.5. The highest BCUT2D eigenvalue weighted by Crippen LogP contribution is 2.57. The van der Waals surface area contributed by atoms with E-state index in [-0.39, 0.29) is 29.8 Å². The topological polar surface area (TPSA) is 92.7 Å². The Labute approximate surface area is 206 Å². The number of anilines is 1. The molecule has 1 aromatic rings. The van der Waals surface area contributed by atoms with E-state index in [2.05, 4.69) is 26.1 Å². The van der Waals surface area contributed by atoms with Crippen molar-refractivity contribution >= 4 is 34.2 Å². The van der Waals surface area contributed by atoms with Gasteiger partial charge in [0.25, 0.3) is 0 Å². The lowest BCUT2D eigenvalue weighted by molar-refractivity contribution is -0.148. The number of carboxylic acids is 1. The highest BCUT2D eigenvalue weighted by molar-refractivity contribution is 7.17. The number of carbonyl (C=O) groups excluding carboxylic acids is 2. The quantitative estimate of drug-likeness (QED) is 0.410. The van der Waals surface area contributed by atoms with E-state index < -0.39 is 23.8 Å². The number of hydrogen-bond donors (Lipinski definition) is 2. The van der Waals surface area contributed by atoms with Crippen LogP contribution in [0, 0.1) is 35.0 Å². The van der Waals surface area contributed by atoms with E-state index in [1.165, 1.54) is 11.3 Å². The van der Waals surface area contributed by atoms with Gasteiger partial charge in [-0.15, -0.1) is 11.3 Å². The number of rotatable bonds is 5. The molecule has 34 heavy (non-hydrogen) atoms. The molecular weight excluding hydrogens is 450 g/mol. The molecule has 2 N–H and O–H groups in total. The van der Waals surface area contributed by atoms with Crippen molar-refractivity contribution in [2.75, 3.05) is 11.9 Å². The Morgan fingerprint density at radius 3 is 2.29 bits per heavy atom. The Morgan fingerprint density at radius 1 is 1.09 bits per heavy atom. The van der Waals surface area contributed by atoms with Crippen LogP contribution in [0.3, 0.4) is 0 Å². The van der Waals surface area contributed by atoms with Crippen molar-refractivity contribution in [2.45, 2.75) is 73.6 Å². The molecule has 0 unspecified atom stereocenters. The standard InChI is InChI=1S/C27H37NO5S/c1-7-33-26(32)22-15-9-8-14(27(4,5)6)12-18(15)34-24(22)28-23(29)20-16-10-11-17(19(16)13(2)3)21(20)25(30)31/h14,16-17,20-21H,7-12H2,1-6H3,(H,28,29)(H,30,31)/t14-,16-,17-,20+,21+/m0/s1. The summed E-state index contributed by atoms with van der Waals surface area (Å²) < 4.78 is 5.37. The number of fused-ring (bicyclic) bond motifs is 3. The minimum atomic E-state index is -0.907. The second kappa shape index (κ2) is 9.14. The number of esters is 1. The zero-order valence-electron chi connectivity index (χ0n) is 21.1. The monoisotopic (exact) mass is 487 g/mol.